The third-order valence-electron chi connectivity index (χ3n) is 4.21. The van der Waals surface area contributed by atoms with Gasteiger partial charge in [0.2, 0.25) is 0 Å². The third-order valence-corrected chi connectivity index (χ3v) is 4.95. The fourth-order valence-corrected chi connectivity index (χ4v) is 3.19. The minimum atomic E-state index is -1.19. The fraction of sp³-hybridized carbons (Fsp3) is 0.0952. The second kappa shape index (κ2) is 8.33. The molecule has 0 atom stereocenters. The lowest BCUT2D eigenvalue weighted by Gasteiger charge is -2.26. The summed E-state index contributed by atoms with van der Waals surface area (Å²) in [7, 11) is 0. The van der Waals surface area contributed by atoms with E-state index in [9.17, 15) is 15.0 Å². The number of carboxylic acids is 1. The largest absolute Gasteiger partial charge is 0.507 e. The Morgan fingerprint density at radius 3 is 1.85 bits per heavy atom. The van der Waals surface area contributed by atoms with Crippen LogP contribution in [0, 0.1) is 0 Å². The summed E-state index contributed by atoms with van der Waals surface area (Å²) in [5.74, 6) is -1.47. The molecule has 3 aromatic carbocycles. The molecule has 0 heterocycles. The molecule has 0 fully saturated rings. The smallest absolute Gasteiger partial charge is 0.339 e. The molecule has 0 unspecified atom stereocenters. The predicted molar refractivity (Wildman–Crippen MR) is 108 cm³/mol. The SMILES string of the molecule is O=C(O)c1cc(N(Cc2ccccc2Cl)Cc2ccccc2Cl)ccc1O. The summed E-state index contributed by atoms with van der Waals surface area (Å²) < 4.78 is 0. The maximum atomic E-state index is 11.4. The summed E-state index contributed by atoms with van der Waals surface area (Å²) in [4.78, 5) is 13.4. The molecule has 2 N–H and O–H groups in total. The average Bonchev–Trinajstić information content (AvgIpc) is 2.65. The fourth-order valence-electron chi connectivity index (χ4n) is 2.79. The first-order chi connectivity index (χ1) is 13.0. The number of hydrogen-bond acceptors (Lipinski definition) is 3. The first kappa shape index (κ1) is 19.1. The van der Waals surface area contributed by atoms with Crippen LogP contribution in [0.3, 0.4) is 0 Å². The van der Waals surface area contributed by atoms with Crippen LogP contribution < -0.4 is 4.90 Å². The van der Waals surface area contributed by atoms with Gasteiger partial charge >= 0.3 is 5.97 Å². The van der Waals surface area contributed by atoms with Crippen LogP contribution in [0.25, 0.3) is 0 Å². The lowest BCUT2D eigenvalue weighted by atomic mass is 10.1. The van der Waals surface area contributed by atoms with Crippen molar-refractivity contribution in [1.29, 1.82) is 0 Å². The molecule has 0 aliphatic carbocycles. The van der Waals surface area contributed by atoms with E-state index in [-0.39, 0.29) is 11.3 Å². The number of aromatic carboxylic acids is 1. The Bertz CT molecular complexity index is 928. The number of rotatable bonds is 6. The monoisotopic (exact) mass is 401 g/mol. The maximum Gasteiger partial charge on any atom is 0.339 e. The van der Waals surface area contributed by atoms with Crippen LogP contribution in [0.4, 0.5) is 5.69 Å². The van der Waals surface area contributed by atoms with Gasteiger partial charge in [-0.2, -0.15) is 0 Å². The van der Waals surface area contributed by atoms with Crippen LogP contribution in [-0.4, -0.2) is 16.2 Å². The Hall–Kier alpha value is -2.69. The number of aromatic hydroxyl groups is 1. The molecule has 0 amide bonds. The van der Waals surface area contributed by atoms with Gasteiger partial charge in [-0.05, 0) is 41.5 Å². The molecule has 0 saturated heterocycles. The average molecular weight is 402 g/mol. The quantitative estimate of drug-likeness (QED) is 0.563. The van der Waals surface area contributed by atoms with Crippen molar-refractivity contribution in [3.05, 3.63) is 93.5 Å². The van der Waals surface area contributed by atoms with Crippen molar-refractivity contribution in [2.75, 3.05) is 4.90 Å². The van der Waals surface area contributed by atoms with Gasteiger partial charge in [-0.25, -0.2) is 4.79 Å². The zero-order valence-corrected chi connectivity index (χ0v) is 15.8. The normalized spacial score (nSPS) is 10.6. The van der Waals surface area contributed by atoms with E-state index in [2.05, 4.69) is 0 Å². The van der Waals surface area contributed by atoms with Crippen LogP contribution >= 0.6 is 23.2 Å². The maximum absolute atomic E-state index is 11.4. The van der Waals surface area contributed by atoms with Crippen LogP contribution in [-0.2, 0) is 13.1 Å². The van der Waals surface area contributed by atoms with Crippen molar-refractivity contribution in [3.8, 4) is 5.75 Å². The number of nitrogens with zero attached hydrogens (tertiary/aromatic N) is 1. The highest BCUT2D eigenvalue weighted by Gasteiger charge is 2.16. The number of carbonyl (C=O) groups is 1. The molecule has 0 bridgehead atoms. The van der Waals surface area contributed by atoms with Gasteiger partial charge in [-0.3, -0.25) is 0 Å². The minimum absolute atomic E-state index is 0.157. The zero-order valence-electron chi connectivity index (χ0n) is 14.3. The van der Waals surface area contributed by atoms with Gasteiger partial charge in [0.15, 0.2) is 0 Å². The molecule has 0 saturated carbocycles. The molecule has 3 rings (SSSR count). The first-order valence-electron chi connectivity index (χ1n) is 8.24. The Kier molecular flexibility index (Phi) is 5.89. The van der Waals surface area contributed by atoms with Crippen LogP contribution in [0.5, 0.6) is 5.75 Å². The van der Waals surface area contributed by atoms with E-state index in [0.717, 1.165) is 11.1 Å². The lowest BCUT2D eigenvalue weighted by molar-refractivity contribution is 0.0694. The van der Waals surface area contributed by atoms with Crippen molar-refractivity contribution < 1.29 is 15.0 Å². The standard InChI is InChI=1S/C21H17Cl2NO3/c22-18-7-3-1-5-14(18)12-24(13-15-6-2-4-8-19(15)23)16-9-10-20(25)17(11-16)21(26)27/h1-11,25H,12-13H2,(H,26,27). The Balaban J connectivity index is 2.02. The summed E-state index contributed by atoms with van der Waals surface area (Å²) in [5.41, 5.74) is 2.29. The molecule has 0 aliphatic rings. The topological polar surface area (TPSA) is 60.8 Å². The number of halogens is 2. The second-order valence-corrected chi connectivity index (χ2v) is 6.86. The molecular weight excluding hydrogens is 385 g/mol. The van der Waals surface area contributed by atoms with E-state index in [1.807, 2.05) is 53.4 Å². The highest BCUT2D eigenvalue weighted by atomic mass is 35.5. The van der Waals surface area contributed by atoms with Gasteiger partial charge in [0, 0.05) is 28.8 Å². The van der Waals surface area contributed by atoms with Crippen molar-refractivity contribution >= 4 is 34.9 Å². The summed E-state index contributed by atoms with van der Waals surface area (Å²) in [5, 5.41) is 20.4. The van der Waals surface area contributed by atoms with Gasteiger partial charge in [0.1, 0.15) is 11.3 Å². The van der Waals surface area contributed by atoms with Crippen molar-refractivity contribution in [3.63, 3.8) is 0 Å². The van der Waals surface area contributed by atoms with Gasteiger partial charge in [0.25, 0.3) is 0 Å². The predicted octanol–water partition coefficient (Wildman–Crippen LogP) is 5.60. The first-order valence-corrected chi connectivity index (χ1v) is 8.99. The molecule has 0 radical (unpaired) electrons. The Labute approximate surface area is 167 Å². The summed E-state index contributed by atoms with van der Waals surface area (Å²) >= 11 is 12.6. The molecule has 6 heteroatoms. The van der Waals surface area contributed by atoms with Crippen molar-refractivity contribution in [2.24, 2.45) is 0 Å². The van der Waals surface area contributed by atoms with E-state index >= 15 is 0 Å². The van der Waals surface area contributed by atoms with E-state index in [0.29, 0.717) is 28.8 Å². The number of carboxylic acid groups (broad SMARTS) is 1. The second-order valence-electron chi connectivity index (χ2n) is 6.05. The number of benzene rings is 3. The van der Waals surface area contributed by atoms with Gasteiger partial charge in [-0.15, -0.1) is 0 Å². The summed E-state index contributed by atoms with van der Waals surface area (Å²) in [6.45, 7) is 0.906. The van der Waals surface area contributed by atoms with Gasteiger partial charge in [0.05, 0.1) is 0 Å². The minimum Gasteiger partial charge on any atom is -0.507 e. The van der Waals surface area contributed by atoms with Crippen molar-refractivity contribution in [2.45, 2.75) is 13.1 Å². The number of hydrogen-bond donors (Lipinski definition) is 2. The molecule has 27 heavy (non-hydrogen) atoms. The van der Waals surface area contributed by atoms with E-state index < -0.39 is 5.97 Å². The molecular formula is C21H17Cl2NO3. The van der Waals surface area contributed by atoms with E-state index in [1.54, 1.807) is 6.07 Å². The van der Waals surface area contributed by atoms with Gasteiger partial charge < -0.3 is 15.1 Å². The van der Waals surface area contributed by atoms with Crippen LogP contribution in [0.15, 0.2) is 66.7 Å². The Morgan fingerprint density at radius 2 is 1.37 bits per heavy atom. The number of anilines is 1. The third kappa shape index (κ3) is 4.54. The molecule has 3 aromatic rings. The van der Waals surface area contributed by atoms with Crippen LogP contribution in [0.1, 0.15) is 21.5 Å². The van der Waals surface area contributed by atoms with Crippen molar-refractivity contribution in [1.82, 2.24) is 0 Å². The molecule has 0 aromatic heterocycles. The summed E-state index contributed by atoms with van der Waals surface area (Å²) in [6, 6.07) is 19.5. The van der Waals surface area contributed by atoms with E-state index in [4.69, 9.17) is 23.2 Å². The van der Waals surface area contributed by atoms with Crippen LogP contribution in [0.2, 0.25) is 10.0 Å². The zero-order chi connectivity index (χ0) is 19.4. The molecule has 0 spiro atoms. The molecule has 0 aliphatic heterocycles. The molecule has 4 nitrogen and oxygen atoms in total. The molecule has 138 valence electrons. The highest BCUT2D eigenvalue weighted by molar-refractivity contribution is 6.31. The van der Waals surface area contributed by atoms with Gasteiger partial charge in [-0.1, -0.05) is 59.6 Å². The number of phenols is 1. The Morgan fingerprint density at radius 1 is 0.852 bits per heavy atom. The lowest BCUT2D eigenvalue weighted by Crippen LogP contribution is -2.23. The highest BCUT2D eigenvalue weighted by Crippen LogP contribution is 2.29. The van der Waals surface area contributed by atoms with E-state index in [1.165, 1.54) is 12.1 Å². The summed E-state index contributed by atoms with van der Waals surface area (Å²) in [6.07, 6.45) is 0.